The maximum atomic E-state index is 13.1. The summed E-state index contributed by atoms with van der Waals surface area (Å²) in [6, 6.07) is 7.82. The van der Waals surface area contributed by atoms with E-state index in [4.69, 9.17) is 0 Å². The zero-order valence-corrected chi connectivity index (χ0v) is 18.2. The molecule has 1 aromatic carbocycles. The van der Waals surface area contributed by atoms with Gasteiger partial charge in [0.05, 0.1) is 6.54 Å². The molecule has 4 rings (SSSR count). The lowest BCUT2D eigenvalue weighted by molar-refractivity contribution is -0.134. The van der Waals surface area contributed by atoms with Crippen LogP contribution in [0.1, 0.15) is 25.3 Å². The van der Waals surface area contributed by atoms with Gasteiger partial charge in [-0.1, -0.05) is 25.1 Å². The standard InChI is InChI=1S/C22H29N5O2S/c1-2-17-6-3-4-7-18(17)24-20(28)16-25-11-13-26(14-12-25)21(29)19-8-5-10-27(19)22-23-9-15-30-22/h3-4,6-7,9,15,19H,2,5,8,10-14,16H2,1H3,(H,24,28). The predicted molar refractivity (Wildman–Crippen MR) is 120 cm³/mol. The quantitative estimate of drug-likeness (QED) is 0.767. The summed E-state index contributed by atoms with van der Waals surface area (Å²) in [6.07, 6.45) is 4.59. The topological polar surface area (TPSA) is 68.8 Å². The Labute approximate surface area is 181 Å². The van der Waals surface area contributed by atoms with Gasteiger partial charge in [-0.05, 0) is 30.9 Å². The second kappa shape index (κ2) is 9.57. The van der Waals surface area contributed by atoms with Crippen LogP contribution in [0.4, 0.5) is 10.8 Å². The Bertz CT molecular complexity index is 864. The lowest BCUT2D eigenvalue weighted by Crippen LogP contribution is -2.54. The SMILES string of the molecule is CCc1ccccc1NC(=O)CN1CCN(C(=O)C2CCCN2c2nccs2)CC1. The van der Waals surface area contributed by atoms with Crippen molar-refractivity contribution in [1.29, 1.82) is 0 Å². The number of benzene rings is 1. The van der Waals surface area contributed by atoms with Crippen molar-refractivity contribution in [3.63, 3.8) is 0 Å². The van der Waals surface area contributed by atoms with E-state index in [1.807, 2.05) is 34.5 Å². The number of carbonyl (C=O) groups is 2. The maximum Gasteiger partial charge on any atom is 0.245 e. The first-order chi connectivity index (χ1) is 14.7. The Morgan fingerprint density at radius 2 is 1.97 bits per heavy atom. The number of thiazole rings is 1. The van der Waals surface area contributed by atoms with E-state index in [2.05, 4.69) is 27.0 Å². The van der Waals surface area contributed by atoms with Gasteiger partial charge >= 0.3 is 0 Å². The number of aromatic nitrogens is 1. The predicted octanol–water partition coefficient (Wildman–Crippen LogP) is 2.46. The van der Waals surface area contributed by atoms with E-state index in [0.717, 1.165) is 55.3 Å². The Morgan fingerprint density at radius 1 is 1.17 bits per heavy atom. The van der Waals surface area contributed by atoms with Crippen LogP contribution < -0.4 is 10.2 Å². The number of amides is 2. The molecule has 1 unspecified atom stereocenters. The van der Waals surface area contributed by atoms with Crippen molar-refractivity contribution in [3.8, 4) is 0 Å². The molecule has 0 aliphatic carbocycles. The molecular weight excluding hydrogens is 398 g/mol. The summed E-state index contributed by atoms with van der Waals surface area (Å²) in [6.45, 7) is 6.11. The first-order valence-corrected chi connectivity index (χ1v) is 11.6. The van der Waals surface area contributed by atoms with Crippen LogP contribution >= 0.6 is 11.3 Å². The largest absolute Gasteiger partial charge is 0.338 e. The number of anilines is 2. The Hall–Kier alpha value is -2.45. The first-order valence-electron chi connectivity index (χ1n) is 10.7. The van der Waals surface area contributed by atoms with E-state index in [1.54, 1.807) is 17.5 Å². The fraction of sp³-hybridized carbons (Fsp3) is 0.500. The monoisotopic (exact) mass is 427 g/mol. The third-order valence-electron chi connectivity index (χ3n) is 5.93. The van der Waals surface area contributed by atoms with Crippen molar-refractivity contribution in [2.24, 2.45) is 0 Å². The van der Waals surface area contributed by atoms with Crippen molar-refractivity contribution in [3.05, 3.63) is 41.4 Å². The number of aryl methyl sites for hydroxylation is 1. The molecule has 2 aliphatic heterocycles. The molecule has 2 saturated heterocycles. The molecule has 7 nitrogen and oxygen atoms in total. The lowest BCUT2D eigenvalue weighted by atomic mass is 10.1. The van der Waals surface area contributed by atoms with Crippen LogP contribution in [0.3, 0.4) is 0 Å². The van der Waals surface area contributed by atoms with Crippen molar-refractivity contribution in [1.82, 2.24) is 14.8 Å². The molecule has 160 valence electrons. The normalized spacial score (nSPS) is 19.8. The molecule has 2 aromatic rings. The molecule has 0 spiro atoms. The Morgan fingerprint density at radius 3 is 2.70 bits per heavy atom. The molecule has 2 fully saturated rings. The fourth-order valence-corrected chi connectivity index (χ4v) is 5.01. The van der Waals surface area contributed by atoms with Crippen molar-refractivity contribution >= 4 is 34.0 Å². The van der Waals surface area contributed by atoms with E-state index in [-0.39, 0.29) is 17.9 Å². The minimum Gasteiger partial charge on any atom is -0.338 e. The van der Waals surface area contributed by atoms with Crippen molar-refractivity contribution < 1.29 is 9.59 Å². The zero-order valence-electron chi connectivity index (χ0n) is 17.4. The molecule has 3 heterocycles. The van der Waals surface area contributed by atoms with E-state index in [9.17, 15) is 9.59 Å². The third-order valence-corrected chi connectivity index (χ3v) is 6.73. The summed E-state index contributed by atoms with van der Waals surface area (Å²) in [5.74, 6) is 0.199. The number of carbonyl (C=O) groups excluding carboxylic acids is 2. The molecule has 8 heteroatoms. The van der Waals surface area contributed by atoms with Gasteiger partial charge in [-0.2, -0.15) is 0 Å². The molecule has 0 radical (unpaired) electrons. The highest BCUT2D eigenvalue weighted by Crippen LogP contribution is 2.28. The third kappa shape index (κ3) is 4.65. The molecule has 30 heavy (non-hydrogen) atoms. The number of hydrogen-bond donors (Lipinski definition) is 1. The number of nitrogens with one attached hydrogen (secondary N) is 1. The first kappa shape index (κ1) is 20.8. The maximum absolute atomic E-state index is 13.1. The molecule has 1 N–H and O–H groups in total. The minimum atomic E-state index is -0.100. The zero-order chi connectivity index (χ0) is 20.9. The van der Waals surface area contributed by atoms with E-state index in [1.165, 1.54) is 0 Å². The van der Waals surface area contributed by atoms with Crippen molar-refractivity contribution in [2.75, 3.05) is 49.5 Å². The average Bonchev–Trinajstić information content (AvgIpc) is 3.46. The summed E-state index contributed by atoms with van der Waals surface area (Å²) in [5.41, 5.74) is 2.03. The van der Waals surface area contributed by atoms with Gasteiger partial charge in [0.1, 0.15) is 6.04 Å². The number of rotatable bonds is 6. The van der Waals surface area contributed by atoms with Gasteiger partial charge in [-0.25, -0.2) is 4.98 Å². The highest BCUT2D eigenvalue weighted by Gasteiger charge is 2.36. The van der Waals surface area contributed by atoms with Crippen LogP contribution in [0.25, 0.3) is 0 Å². The van der Waals surface area contributed by atoms with Gasteiger partial charge in [0.15, 0.2) is 5.13 Å². The summed E-state index contributed by atoms with van der Waals surface area (Å²) in [5, 5.41) is 5.93. The van der Waals surface area contributed by atoms with Crippen LogP contribution in [0.5, 0.6) is 0 Å². The summed E-state index contributed by atoms with van der Waals surface area (Å²) in [4.78, 5) is 36.2. The molecule has 0 saturated carbocycles. The molecule has 1 atom stereocenters. The van der Waals surface area contributed by atoms with Gasteiger partial charge in [0.25, 0.3) is 0 Å². The molecule has 2 amide bonds. The van der Waals surface area contributed by atoms with Gasteiger partial charge in [0.2, 0.25) is 11.8 Å². The second-order valence-electron chi connectivity index (χ2n) is 7.83. The molecule has 2 aliphatic rings. The van der Waals surface area contributed by atoms with E-state index < -0.39 is 0 Å². The van der Waals surface area contributed by atoms with Crippen molar-refractivity contribution in [2.45, 2.75) is 32.2 Å². The average molecular weight is 428 g/mol. The highest BCUT2D eigenvalue weighted by molar-refractivity contribution is 7.13. The second-order valence-corrected chi connectivity index (χ2v) is 8.70. The summed E-state index contributed by atoms with van der Waals surface area (Å²) < 4.78 is 0. The van der Waals surface area contributed by atoms with Gasteiger partial charge < -0.3 is 15.1 Å². The Kier molecular flexibility index (Phi) is 6.64. The van der Waals surface area contributed by atoms with Crippen LogP contribution in [0.15, 0.2) is 35.8 Å². The lowest BCUT2D eigenvalue weighted by Gasteiger charge is -2.37. The van der Waals surface area contributed by atoms with Crippen LogP contribution in [0, 0.1) is 0 Å². The van der Waals surface area contributed by atoms with Crippen LogP contribution in [-0.2, 0) is 16.0 Å². The fourth-order valence-electron chi connectivity index (χ4n) is 4.29. The summed E-state index contributed by atoms with van der Waals surface area (Å²) in [7, 11) is 0. The van der Waals surface area contributed by atoms with Gasteiger partial charge in [0, 0.05) is 50.0 Å². The van der Waals surface area contributed by atoms with E-state index >= 15 is 0 Å². The number of piperazine rings is 1. The molecular formula is C22H29N5O2S. The minimum absolute atomic E-state index is 0.00131. The summed E-state index contributed by atoms with van der Waals surface area (Å²) >= 11 is 1.59. The number of para-hydroxylation sites is 1. The van der Waals surface area contributed by atoms with E-state index in [0.29, 0.717) is 19.6 Å². The van der Waals surface area contributed by atoms with Gasteiger partial charge in [-0.15, -0.1) is 11.3 Å². The smallest absolute Gasteiger partial charge is 0.245 e. The molecule has 1 aromatic heterocycles. The Balaban J connectivity index is 1.27. The number of hydrogen-bond acceptors (Lipinski definition) is 6. The highest BCUT2D eigenvalue weighted by atomic mass is 32.1. The number of nitrogens with zero attached hydrogens (tertiary/aromatic N) is 4. The van der Waals surface area contributed by atoms with Gasteiger partial charge in [-0.3, -0.25) is 14.5 Å². The van der Waals surface area contributed by atoms with Crippen LogP contribution in [0.2, 0.25) is 0 Å². The molecule has 0 bridgehead atoms. The van der Waals surface area contributed by atoms with Crippen LogP contribution in [-0.4, -0.2) is 71.9 Å².